The number of aliphatic hydroxyl groups is 1. The van der Waals surface area contributed by atoms with E-state index in [0.29, 0.717) is 54.9 Å². The molecule has 3 fully saturated rings. The lowest BCUT2D eigenvalue weighted by Crippen LogP contribution is -2.57. The number of amides is 3. The van der Waals surface area contributed by atoms with Crippen LogP contribution in [-0.2, 0) is 20.9 Å². The van der Waals surface area contributed by atoms with E-state index in [4.69, 9.17) is 9.47 Å². The van der Waals surface area contributed by atoms with Crippen molar-refractivity contribution >= 4 is 29.1 Å². The second kappa shape index (κ2) is 12.9. The molecule has 0 radical (unpaired) electrons. The van der Waals surface area contributed by atoms with Crippen LogP contribution in [0.4, 0.5) is 11.4 Å². The highest BCUT2D eigenvalue weighted by atomic mass is 16.7. The summed E-state index contributed by atoms with van der Waals surface area (Å²) in [6.07, 6.45) is 0.793. The van der Waals surface area contributed by atoms with Gasteiger partial charge < -0.3 is 29.7 Å². The van der Waals surface area contributed by atoms with Crippen molar-refractivity contribution in [2.45, 2.75) is 49.9 Å². The Balaban J connectivity index is 1.02. The van der Waals surface area contributed by atoms with E-state index < -0.39 is 11.8 Å². The number of nitrogens with zero attached hydrogens (tertiary/aromatic N) is 3. The van der Waals surface area contributed by atoms with Gasteiger partial charge in [-0.1, -0.05) is 66.7 Å². The van der Waals surface area contributed by atoms with Crippen molar-refractivity contribution in [1.82, 2.24) is 10.2 Å². The first kappa shape index (κ1) is 31.4. The third-order valence-corrected chi connectivity index (χ3v) is 10.4. The number of aliphatic hydroxyl groups excluding tert-OH is 1. The third kappa shape index (κ3) is 5.70. The van der Waals surface area contributed by atoms with Crippen LogP contribution in [0.5, 0.6) is 0 Å². The van der Waals surface area contributed by atoms with Gasteiger partial charge in [-0.3, -0.25) is 14.4 Å². The van der Waals surface area contributed by atoms with Crippen LogP contribution in [0.15, 0.2) is 103 Å². The molecule has 4 aromatic carbocycles. The van der Waals surface area contributed by atoms with E-state index in [0.717, 1.165) is 29.9 Å². The Labute approximate surface area is 284 Å². The Hall–Kier alpha value is -4.87. The summed E-state index contributed by atoms with van der Waals surface area (Å²) in [6.45, 7) is 2.61. The first-order chi connectivity index (χ1) is 23.9. The summed E-state index contributed by atoms with van der Waals surface area (Å²) in [6, 6.07) is 32.0. The molecule has 3 atom stereocenters. The zero-order valence-corrected chi connectivity index (χ0v) is 27.0. The number of benzene rings is 4. The minimum absolute atomic E-state index is 0.0407. The third-order valence-electron chi connectivity index (χ3n) is 10.4. The Bertz CT molecular complexity index is 1840. The zero-order chi connectivity index (χ0) is 33.5. The number of para-hydroxylation sites is 1. The average Bonchev–Trinajstić information content (AvgIpc) is 3.60. The Morgan fingerprint density at radius 2 is 1.43 bits per heavy atom. The monoisotopic (exact) mass is 658 g/mol. The van der Waals surface area contributed by atoms with Crippen molar-refractivity contribution in [3.63, 3.8) is 0 Å². The minimum Gasteiger partial charge on any atom is -0.392 e. The summed E-state index contributed by atoms with van der Waals surface area (Å²) in [4.78, 5) is 45.5. The summed E-state index contributed by atoms with van der Waals surface area (Å²) in [5.74, 6) is -0.622. The van der Waals surface area contributed by atoms with Crippen molar-refractivity contribution in [3.05, 3.63) is 131 Å². The van der Waals surface area contributed by atoms with E-state index in [9.17, 15) is 19.5 Å². The number of ether oxygens (including phenoxy) is 2. The van der Waals surface area contributed by atoms with Gasteiger partial charge in [0.1, 0.15) is 5.54 Å². The molecule has 0 unspecified atom stereocenters. The van der Waals surface area contributed by atoms with E-state index in [1.54, 1.807) is 36.4 Å². The van der Waals surface area contributed by atoms with Crippen LogP contribution >= 0.6 is 0 Å². The number of fused-ring (bicyclic) bond motifs is 1. The summed E-state index contributed by atoms with van der Waals surface area (Å²) in [5, 5.41) is 12.7. The Morgan fingerprint density at radius 3 is 2.12 bits per heavy atom. The first-order valence-electron chi connectivity index (χ1n) is 16.9. The maximum Gasteiger partial charge on any atom is 0.266 e. The van der Waals surface area contributed by atoms with Gasteiger partial charge in [-0.05, 0) is 60.4 Å². The minimum atomic E-state index is -0.748. The molecule has 4 aliphatic rings. The molecular weight excluding hydrogens is 620 g/mol. The molecule has 4 heterocycles. The van der Waals surface area contributed by atoms with Gasteiger partial charge in [0, 0.05) is 37.3 Å². The quantitative estimate of drug-likeness (QED) is 0.269. The molecule has 3 amide bonds. The molecule has 0 aliphatic carbocycles. The standard InChI is InChI=1S/C39H38N4O6/c44-24-26-13-15-27(16-14-26)34-22-31(23-41-19-17-39(18-20-41)38(47)40-25-42(39)29-8-2-1-3-9-29)48-37(49-34)28-7-6-10-30(21-28)43-35(45)32-11-4-5-12-33(32)36(43)46/h1-16,21,31,34,37,44H,17-20,22-25H2,(H,40,47)/t31-,34+,37+/m0/s1. The topological polar surface area (TPSA) is 112 Å². The van der Waals surface area contributed by atoms with Crippen LogP contribution in [0.3, 0.4) is 0 Å². The molecular formula is C39H38N4O6. The molecule has 0 aromatic heterocycles. The maximum atomic E-state index is 13.3. The fraction of sp³-hybridized carbons (Fsp3) is 0.308. The van der Waals surface area contributed by atoms with Crippen LogP contribution in [-0.4, -0.2) is 65.7 Å². The molecule has 1 spiro atoms. The smallest absolute Gasteiger partial charge is 0.266 e. The van der Waals surface area contributed by atoms with Crippen LogP contribution in [0.1, 0.15) is 69.1 Å². The van der Waals surface area contributed by atoms with E-state index in [1.807, 2.05) is 54.6 Å². The molecule has 10 heteroatoms. The predicted octanol–water partition coefficient (Wildman–Crippen LogP) is 4.95. The predicted molar refractivity (Wildman–Crippen MR) is 183 cm³/mol. The highest BCUT2D eigenvalue weighted by Crippen LogP contribution is 2.41. The highest BCUT2D eigenvalue weighted by molar-refractivity contribution is 6.34. The summed E-state index contributed by atoms with van der Waals surface area (Å²) >= 11 is 0. The average molecular weight is 659 g/mol. The van der Waals surface area contributed by atoms with E-state index in [2.05, 4.69) is 27.2 Å². The lowest BCUT2D eigenvalue weighted by Gasteiger charge is -2.45. The maximum absolute atomic E-state index is 13.3. The molecule has 10 nitrogen and oxygen atoms in total. The summed E-state index contributed by atoms with van der Waals surface area (Å²) < 4.78 is 13.2. The second-order valence-corrected chi connectivity index (χ2v) is 13.2. The van der Waals surface area contributed by atoms with Gasteiger partial charge in [0.2, 0.25) is 5.91 Å². The number of anilines is 2. The van der Waals surface area contributed by atoms with Crippen LogP contribution < -0.4 is 15.1 Å². The molecule has 49 heavy (non-hydrogen) atoms. The number of carbonyl (C=O) groups is 3. The van der Waals surface area contributed by atoms with Gasteiger partial charge in [-0.25, -0.2) is 4.90 Å². The number of nitrogens with one attached hydrogen (secondary N) is 1. The molecule has 0 saturated carbocycles. The Morgan fingerprint density at radius 1 is 0.755 bits per heavy atom. The SMILES string of the molecule is O=C1c2ccccc2C(=O)N1c1cccc([C@@H]2O[C@H](CN3CCC4(CC3)C(=O)NCN4c3ccccc3)C[C@H](c3ccc(CO)cc3)O2)c1. The molecule has 3 saturated heterocycles. The Kier molecular flexibility index (Phi) is 8.25. The largest absolute Gasteiger partial charge is 0.392 e. The lowest BCUT2D eigenvalue weighted by atomic mass is 9.85. The fourth-order valence-corrected chi connectivity index (χ4v) is 7.69. The van der Waals surface area contributed by atoms with E-state index in [-0.39, 0.29) is 36.5 Å². The van der Waals surface area contributed by atoms with Gasteiger partial charge in [-0.2, -0.15) is 0 Å². The number of hydrogen-bond acceptors (Lipinski definition) is 8. The van der Waals surface area contributed by atoms with E-state index >= 15 is 0 Å². The molecule has 0 bridgehead atoms. The van der Waals surface area contributed by atoms with Crippen molar-refractivity contribution in [2.75, 3.05) is 36.1 Å². The van der Waals surface area contributed by atoms with Crippen molar-refractivity contribution in [1.29, 1.82) is 0 Å². The van der Waals surface area contributed by atoms with Gasteiger partial charge >= 0.3 is 0 Å². The number of imide groups is 1. The summed E-state index contributed by atoms with van der Waals surface area (Å²) in [7, 11) is 0. The van der Waals surface area contributed by atoms with Crippen LogP contribution in [0.2, 0.25) is 0 Å². The fourth-order valence-electron chi connectivity index (χ4n) is 7.69. The molecule has 8 rings (SSSR count). The van der Waals surface area contributed by atoms with Crippen molar-refractivity contribution < 1.29 is 29.0 Å². The van der Waals surface area contributed by atoms with Gasteiger partial charge in [0.25, 0.3) is 11.8 Å². The first-order valence-corrected chi connectivity index (χ1v) is 16.9. The van der Waals surface area contributed by atoms with Crippen LogP contribution in [0, 0.1) is 0 Å². The summed E-state index contributed by atoms with van der Waals surface area (Å²) in [5.41, 5.74) is 4.21. The highest BCUT2D eigenvalue weighted by Gasteiger charge is 2.50. The number of carbonyl (C=O) groups excluding carboxylic acids is 3. The molecule has 4 aliphatic heterocycles. The number of rotatable bonds is 7. The molecule has 250 valence electrons. The normalized spacial score (nSPS) is 23.6. The number of piperidine rings is 1. The van der Waals surface area contributed by atoms with Gasteiger partial charge in [0.15, 0.2) is 6.29 Å². The zero-order valence-electron chi connectivity index (χ0n) is 27.0. The molecule has 2 N–H and O–H groups in total. The lowest BCUT2D eigenvalue weighted by molar-refractivity contribution is -0.253. The van der Waals surface area contributed by atoms with Gasteiger partial charge in [0.05, 0.1) is 42.3 Å². The van der Waals surface area contributed by atoms with Crippen LogP contribution in [0.25, 0.3) is 0 Å². The number of hydrogen-bond donors (Lipinski definition) is 2. The van der Waals surface area contributed by atoms with E-state index in [1.165, 1.54) is 4.90 Å². The van der Waals surface area contributed by atoms with Gasteiger partial charge in [-0.15, -0.1) is 0 Å². The van der Waals surface area contributed by atoms with Crippen molar-refractivity contribution in [3.8, 4) is 0 Å². The molecule has 4 aromatic rings. The second-order valence-electron chi connectivity index (χ2n) is 13.2. The van der Waals surface area contributed by atoms with Crippen molar-refractivity contribution in [2.24, 2.45) is 0 Å². The number of likely N-dealkylation sites (tertiary alicyclic amines) is 1.